The molecule has 2 aromatic carbocycles. The second kappa shape index (κ2) is 9.01. The van der Waals surface area contributed by atoms with E-state index in [1.807, 2.05) is 19.1 Å². The highest BCUT2D eigenvalue weighted by molar-refractivity contribution is 5.75. The summed E-state index contributed by atoms with van der Waals surface area (Å²) in [6, 6.07) is 8.51. The summed E-state index contributed by atoms with van der Waals surface area (Å²) in [4.78, 5) is 16.9. The number of benzene rings is 2. The third-order valence-corrected chi connectivity index (χ3v) is 8.17. The van der Waals surface area contributed by atoms with Gasteiger partial charge in [0, 0.05) is 23.7 Å². The molecule has 2 aromatic rings. The van der Waals surface area contributed by atoms with E-state index in [1.165, 1.54) is 13.2 Å². The van der Waals surface area contributed by atoms with E-state index in [2.05, 4.69) is 18.7 Å². The van der Waals surface area contributed by atoms with Crippen molar-refractivity contribution in [2.75, 3.05) is 33.4 Å². The lowest BCUT2D eigenvalue weighted by Crippen LogP contribution is -2.60. The second-order valence-electron chi connectivity index (χ2n) is 10.8. The van der Waals surface area contributed by atoms with Gasteiger partial charge in [-0.3, -0.25) is 4.90 Å². The Morgan fingerprint density at radius 3 is 2.51 bits per heavy atom. The Labute approximate surface area is 206 Å². The van der Waals surface area contributed by atoms with Crippen LogP contribution in [-0.4, -0.2) is 60.4 Å². The largest absolute Gasteiger partial charge is 0.497 e. The molecular weight excluding hydrogens is 447 g/mol. The zero-order chi connectivity index (χ0) is 24.9. The van der Waals surface area contributed by atoms with Crippen LogP contribution in [0, 0.1) is 17.2 Å². The maximum absolute atomic E-state index is 15.1. The topological polar surface area (TPSA) is 62.2 Å². The molecule has 35 heavy (non-hydrogen) atoms. The number of amides is 1. The van der Waals surface area contributed by atoms with E-state index in [9.17, 15) is 9.90 Å². The summed E-state index contributed by atoms with van der Waals surface area (Å²) in [7, 11) is 1.51. The molecule has 0 aromatic heterocycles. The molecule has 3 saturated heterocycles. The maximum Gasteiger partial charge on any atom is 0.408 e. The lowest BCUT2D eigenvalue weighted by atomic mass is 9.79. The fraction of sp³-hybridized carbons (Fsp3) is 0.536. The third kappa shape index (κ3) is 4.14. The van der Waals surface area contributed by atoms with Crippen LogP contribution in [-0.2, 0) is 6.42 Å². The fourth-order valence-corrected chi connectivity index (χ4v) is 6.60. The van der Waals surface area contributed by atoms with Gasteiger partial charge in [-0.25, -0.2) is 9.18 Å². The van der Waals surface area contributed by atoms with Crippen molar-refractivity contribution in [2.24, 2.45) is 11.3 Å². The molecule has 3 heterocycles. The zero-order valence-electron chi connectivity index (χ0n) is 21.0. The van der Waals surface area contributed by atoms with Gasteiger partial charge in [0.05, 0.1) is 25.8 Å². The van der Waals surface area contributed by atoms with Gasteiger partial charge >= 0.3 is 6.09 Å². The van der Waals surface area contributed by atoms with E-state index in [-0.39, 0.29) is 23.3 Å². The Balaban J connectivity index is 1.60. The van der Waals surface area contributed by atoms with Gasteiger partial charge in [0.15, 0.2) is 0 Å². The first kappa shape index (κ1) is 23.9. The smallest absolute Gasteiger partial charge is 0.408 e. The first-order valence-corrected chi connectivity index (χ1v) is 12.6. The average molecular weight is 483 g/mol. The number of ether oxygens (including phenoxy) is 2. The predicted molar refractivity (Wildman–Crippen MR) is 133 cm³/mol. The minimum atomic E-state index is -0.863. The summed E-state index contributed by atoms with van der Waals surface area (Å²) >= 11 is 0. The molecule has 6 rings (SSSR count). The quantitative estimate of drug-likeness (QED) is 0.581. The van der Waals surface area contributed by atoms with Crippen LogP contribution in [0.15, 0.2) is 30.3 Å². The number of carboxylic acid groups (broad SMARTS) is 1. The van der Waals surface area contributed by atoms with Crippen LogP contribution < -0.4 is 9.47 Å². The molecule has 3 fully saturated rings. The summed E-state index contributed by atoms with van der Waals surface area (Å²) in [5, 5.41) is 10.5. The molecule has 1 amide bonds. The van der Waals surface area contributed by atoms with Gasteiger partial charge in [0.25, 0.3) is 0 Å². The Morgan fingerprint density at radius 1 is 1.20 bits per heavy atom. The Morgan fingerprint density at radius 2 is 1.94 bits per heavy atom. The van der Waals surface area contributed by atoms with Gasteiger partial charge in [0.1, 0.15) is 17.3 Å². The second-order valence-corrected chi connectivity index (χ2v) is 10.8. The monoisotopic (exact) mass is 482 g/mol. The molecule has 6 nitrogen and oxygen atoms in total. The molecule has 2 bridgehead atoms. The van der Waals surface area contributed by atoms with Crippen molar-refractivity contribution in [2.45, 2.75) is 52.1 Å². The molecule has 188 valence electrons. The summed E-state index contributed by atoms with van der Waals surface area (Å²) < 4.78 is 26.2. The Hall–Kier alpha value is -2.80. The molecule has 0 unspecified atom stereocenters. The van der Waals surface area contributed by atoms with Crippen molar-refractivity contribution in [1.29, 1.82) is 0 Å². The molecule has 2 atom stereocenters. The molecule has 1 aliphatic carbocycles. The van der Waals surface area contributed by atoms with Crippen molar-refractivity contribution in [3.8, 4) is 22.6 Å². The highest BCUT2D eigenvalue weighted by Crippen LogP contribution is 2.53. The van der Waals surface area contributed by atoms with E-state index >= 15 is 4.39 Å². The molecular formula is C28H35FN2O4. The van der Waals surface area contributed by atoms with Crippen molar-refractivity contribution in [1.82, 2.24) is 9.80 Å². The molecule has 0 radical (unpaired) electrons. The maximum atomic E-state index is 15.1. The predicted octanol–water partition coefficient (Wildman–Crippen LogP) is 5.60. The van der Waals surface area contributed by atoms with E-state index < -0.39 is 6.09 Å². The van der Waals surface area contributed by atoms with Crippen LogP contribution in [0.5, 0.6) is 11.5 Å². The van der Waals surface area contributed by atoms with E-state index in [4.69, 9.17) is 9.47 Å². The van der Waals surface area contributed by atoms with Crippen molar-refractivity contribution in [3.63, 3.8) is 0 Å². The van der Waals surface area contributed by atoms with Crippen LogP contribution in [0.3, 0.4) is 0 Å². The summed E-state index contributed by atoms with van der Waals surface area (Å²) in [6.45, 7) is 9.53. The number of hydrogen-bond donors (Lipinski definition) is 1. The Kier molecular flexibility index (Phi) is 6.16. The summed E-state index contributed by atoms with van der Waals surface area (Å²) in [5.41, 5.74) is 2.88. The van der Waals surface area contributed by atoms with E-state index in [0.717, 1.165) is 50.0 Å². The molecule has 0 spiro atoms. The number of nitrogens with zero attached hydrogens (tertiary/aromatic N) is 2. The molecule has 0 saturated carbocycles. The first-order valence-electron chi connectivity index (χ1n) is 12.6. The zero-order valence-corrected chi connectivity index (χ0v) is 21.0. The van der Waals surface area contributed by atoms with Gasteiger partial charge in [-0.1, -0.05) is 13.8 Å². The van der Waals surface area contributed by atoms with Crippen LogP contribution in [0.1, 0.15) is 50.8 Å². The SMILES string of the molecule is CCOc1cc2c(cc1-c1ccc(OC)cc1F)CC(C)(C)[C@H]2N(C(=O)O)[C@@H]1CN2CCC1CC2. The van der Waals surface area contributed by atoms with Gasteiger partial charge < -0.3 is 19.5 Å². The summed E-state index contributed by atoms with van der Waals surface area (Å²) in [5.74, 6) is 1.06. The number of carbonyl (C=O) groups is 1. The fourth-order valence-electron chi connectivity index (χ4n) is 6.60. The molecule has 1 N–H and O–H groups in total. The van der Waals surface area contributed by atoms with Gasteiger partial charge in [-0.05, 0) is 86.0 Å². The number of fused-ring (bicyclic) bond motifs is 4. The summed E-state index contributed by atoms with van der Waals surface area (Å²) in [6.07, 6.45) is 1.95. The van der Waals surface area contributed by atoms with Crippen molar-refractivity contribution >= 4 is 6.09 Å². The molecule has 7 heteroatoms. The number of methoxy groups -OCH3 is 1. The van der Waals surface area contributed by atoms with E-state index in [1.54, 1.807) is 17.0 Å². The lowest BCUT2D eigenvalue weighted by Gasteiger charge is -2.51. The van der Waals surface area contributed by atoms with Crippen molar-refractivity contribution < 1.29 is 23.8 Å². The van der Waals surface area contributed by atoms with Crippen molar-refractivity contribution in [3.05, 3.63) is 47.3 Å². The number of rotatable bonds is 6. The molecule has 4 aliphatic rings. The highest BCUT2D eigenvalue weighted by atomic mass is 19.1. The van der Waals surface area contributed by atoms with Crippen LogP contribution in [0.4, 0.5) is 9.18 Å². The number of hydrogen-bond acceptors (Lipinski definition) is 4. The lowest BCUT2D eigenvalue weighted by molar-refractivity contribution is -0.0267. The number of piperidine rings is 3. The van der Waals surface area contributed by atoms with Gasteiger partial charge in [0.2, 0.25) is 0 Å². The van der Waals surface area contributed by atoms with Crippen LogP contribution in [0.2, 0.25) is 0 Å². The number of halogens is 1. The van der Waals surface area contributed by atoms with Gasteiger partial charge in [-0.2, -0.15) is 0 Å². The molecule has 3 aliphatic heterocycles. The normalized spacial score (nSPS) is 26.3. The standard InChI is InChI=1S/C28H35FN2O4/c1-5-35-25-14-21-18(12-22(25)20-7-6-19(34-4)13-23(20)29)15-28(2,3)26(21)31(27(32)33)24-16-30-10-8-17(24)9-11-30/h6-7,12-14,17,24,26H,5,8-11,15-16H2,1-4H3,(H,32,33)/t24-,26+/m1/s1. The average Bonchev–Trinajstić information content (AvgIpc) is 3.09. The Bertz CT molecular complexity index is 1130. The first-order chi connectivity index (χ1) is 16.7. The minimum Gasteiger partial charge on any atom is -0.497 e. The van der Waals surface area contributed by atoms with Gasteiger partial charge in [-0.15, -0.1) is 0 Å². The minimum absolute atomic E-state index is 0.0144. The van der Waals surface area contributed by atoms with Crippen LogP contribution >= 0.6 is 0 Å². The van der Waals surface area contributed by atoms with Crippen LogP contribution in [0.25, 0.3) is 11.1 Å². The highest BCUT2D eigenvalue weighted by Gasteiger charge is 2.50. The third-order valence-electron chi connectivity index (χ3n) is 8.17. The van der Waals surface area contributed by atoms with E-state index in [0.29, 0.717) is 35.2 Å².